The van der Waals surface area contributed by atoms with Gasteiger partial charge in [-0.3, -0.25) is 9.59 Å². The van der Waals surface area contributed by atoms with Gasteiger partial charge in [0.15, 0.2) is 11.5 Å². The van der Waals surface area contributed by atoms with Crippen molar-refractivity contribution in [2.75, 3.05) is 0 Å². The normalized spacial score (nSPS) is 14.8. The lowest BCUT2D eigenvalue weighted by molar-refractivity contribution is -0.116. The monoisotopic (exact) mass is 356 g/mol. The van der Waals surface area contributed by atoms with E-state index in [2.05, 4.69) is 31.9 Å². The van der Waals surface area contributed by atoms with Gasteiger partial charge in [-0.1, -0.05) is 15.9 Å². The largest absolute Gasteiger partial charge is 0.452 e. The van der Waals surface area contributed by atoms with E-state index in [0.717, 1.165) is 4.47 Å². The van der Waals surface area contributed by atoms with Gasteiger partial charge in [0.1, 0.15) is 5.75 Å². The van der Waals surface area contributed by atoms with Crippen LogP contribution in [0, 0.1) is 0 Å². The van der Waals surface area contributed by atoms with Crippen LogP contribution in [-0.2, 0) is 9.59 Å². The fourth-order valence-electron chi connectivity index (χ4n) is 1.24. The Morgan fingerprint density at radius 2 is 1.82 bits per heavy atom. The van der Waals surface area contributed by atoms with E-state index < -0.39 is 0 Å². The fourth-order valence-corrected chi connectivity index (χ4v) is 2.37. The van der Waals surface area contributed by atoms with Crippen LogP contribution in [0.25, 0.3) is 0 Å². The Labute approximate surface area is 114 Å². The zero-order valence-corrected chi connectivity index (χ0v) is 11.6. The van der Waals surface area contributed by atoms with Crippen LogP contribution in [0.1, 0.15) is 0 Å². The Kier molecular flexibility index (Phi) is 3.59. The minimum absolute atomic E-state index is 0.0283. The van der Waals surface area contributed by atoms with Crippen molar-refractivity contribution in [1.82, 2.24) is 0 Å². The quantitative estimate of drug-likeness (QED) is 0.763. The molecule has 0 amide bonds. The summed E-state index contributed by atoms with van der Waals surface area (Å²) in [5, 5.41) is 0. The van der Waals surface area contributed by atoms with Crippen LogP contribution >= 0.6 is 31.9 Å². The molecule has 86 valence electrons. The zero-order chi connectivity index (χ0) is 12.4. The summed E-state index contributed by atoms with van der Waals surface area (Å²) in [7, 11) is 0. The number of halogens is 2. The van der Waals surface area contributed by atoms with Crippen molar-refractivity contribution in [2.45, 2.75) is 0 Å². The predicted molar refractivity (Wildman–Crippen MR) is 69.7 cm³/mol. The Morgan fingerprint density at radius 1 is 1.06 bits per heavy atom. The summed E-state index contributed by atoms with van der Waals surface area (Å²) in [4.78, 5) is 22.6. The molecule has 5 heteroatoms. The Morgan fingerprint density at radius 3 is 2.53 bits per heavy atom. The number of carbonyl (C=O) groups excluding carboxylic acids is 2. The molecule has 0 saturated carbocycles. The second-order valence-electron chi connectivity index (χ2n) is 3.29. The summed E-state index contributed by atoms with van der Waals surface area (Å²) in [6, 6.07) is 5.28. The molecule has 0 fully saturated rings. The van der Waals surface area contributed by atoms with Gasteiger partial charge in [0.2, 0.25) is 5.78 Å². The van der Waals surface area contributed by atoms with Crippen molar-refractivity contribution >= 4 is 43.4 Å². The zero-order valence-electron chi connectivity index (χ0n) is 8.44. The van der Waals surface area contributed by atoms with E-state index in [9.17, 15) is 9.59 Å². The third-order valence-electron chi connectivity index (χ3n) is 2.03. The minimum Gasteiger partial charge on any atom is -0.452 e. The Bertz CT molecular complexity index is 559. The van der Waals surface area contributed by atoms with Crippen molar-refractivity contribution in [2.24, 2.45) is 0 Å². The first-order valence-corrected chi connectivity index (χ1v) is 6.26. The van der Waals surface area contributed by atoms with E-state index in [1.165, 1.54) is 18.2 Å². The highest BCUT2D eigenvalue weighted by atomic mass is 79.9. The molecule has 1 aromatic carbocycles. The van der Waals surface area contributed by atoms with Gasteiger partial charge in [0.05, 0.1) is 4.47 Å². The maximum absolute atomic E-state index is 11.5. The van der Waals surface area contributed by atoms with Crippen LogP contribution in [0.2, 0.25) is 0 Å². The number of carbonyl (C=O) groups is 2. The summed E-state index contributed by atoms with van der Waals surface area (Å²) in [6.45, 7) is 0. The van der Waals surface area contributed by atoms with E-state index in [4.69, 9.17) is 4.74 Å². The molecule has 0 unspecified atom stereocenters. The molecular weight excluding hydrogens is 352 g/mol. The van der Waals surface area contributed by atoms with Crippen molar-refractivity contribution in [3.05, 3.63) is 51.1 Å². The maximum atomic E-state index is 11.5. The number of rotatable bonds is 2. The Hall–Kier alpha value is -1.20. The number of ketones is 2. The molecule has 0 spiro atoms. The van der Waals surface area contributed by atoms with E-state index >= 15 is 0 Å². The summed E-state index contributed by atoms with van der Waals surface area (Å²) in [5.74, 6) is -0.0660. The molecule has 0 N–H and O–H groups in total. The molecule has 0 aromatic heterocycles. The lowest BCUT2D eigenvalue weighted by Gasteiger charge is -2.10. The van der Waals surface area contributed by atoms with Crippen LogP contribution in [-0.4, -0.2) is 11.6 Å². The second-order valence-corrected chi connectivity index (χ2v) is 5.06. The average Bonchev–Trinajstić information content (AvgIpc) is 2.27. The van der Waals surface area contributed by atoms with E-state index in [-0.39, 0.29) is 17.3 Å². The number of benzene rings is 1. The molecule has 1 aliphatic rings. The van der Waals surface area contributed by atoms with E-state index in [1.54, 1.807) is 18.2 Å². The molecule has 0 bridgehead atoms. The summed E-state index contributed by atoms with van der Waals surface area (Å²) in [5.41, 5.74) is 0. The summed E-state index contributed by atoms with van der Waals surface area (Å²) < 4.78 is 6.98. The highest BCUT2D eigenvalue weighted by Crippen LogP contribution is 2.30. The molecule has 1 aliphatic carbocycles. The molecule has 1 aromatic rings. The molecule has 3 nitrogen and oxygen atoms in total. The van der Waals surface area contributed by atoms with Gasteiger partial charge in [-0.2, -0.15) is 0 Å². The number of ether oxygens (including phenoxy) is 1. The van der Waals surface area contributed by atoms with Crippen molar-refractivity contribution in [1.29, 1.82) is 0 Å². The predicted octanol–water partition coefficient (Wildman–Crippen LogP) is 3.18. The van der Waals surface area contributed by atoms with Crippen LogP contribution in [0.3, 0.4) is 0 Å². The highest BCUT2D eigenvalue weighted by molar-refractivity contribution is 9.11. The van der Waals surface area contributed by atoms with Gasteiger partial charge in [0, 0.05) is 10.5 Å². The lowest BCUT2D eigenvalue weighted by Crippen LogP contribution is -2.12. The molecule has 17 heavy (non-hydrogen) atoms. The lowest BCUT2D eigenvalue weighted by atomic mass is 10.1. The molecule has 0 aliphatic heterocycles. The Balaban J connectivity index is 2.27. The van der Waals surface area contributed by atoms with Crippen molar-refractivity contribution in [3.63, 3.8) is 0 Å². The second kappa shape index (κ2) is 4.98. The van der Waals surface area contributed by atoms with E-state index in [1.807, 2.05) is 0 Å². The number of allylic oxidation sites excluding steroid dienone is 3. The number of hydrogen-bond donors (Lipinski definition) is 0. The first-order chi connectivity index (χ1) is 8.06. The molecule has 2 rings (SSSR count). The first kappa shape index (κ1) is 12.3. The first-order valence-electron chi connectivity index (χ1n) is 4.67. The van der Waals surface area contributed by atoms with E-state index in [0.29, 0.717) is 10.2 Å². The summed E-state index contributed by atoms with van der Waals surface area (Å²) in [6.07, 6.45) is 3.59. The molecule has 0 saturated heterocycles. The fraction of sp³-hybridized carbons (Fsp3) is 0. The maximum Gasteiger partial charge on any atom is 0.221 e. The van der Waals surface area contributed by atoms with Gasteiger partial charge < -0.3 is 4.74 Å². The van der Waals surface area contributed by atoms with Crippen LogP contribution in [0.5, 0.6) is 5.75 Å². The molecule has 0 atom stereocenters. The van der Waals surface area contributed by atoms with Crippen LogP contribution < -0.4 is 4.74 Å². The topological polar surface area (TPSA) is 43.4 Å². The van der Waals surface area contributed by atoms with Crippen molar-refractivity contribution in [3.8, 4) is 5.75 Å². The van der Waals surface area contributed by atoms with Crippen molar-refractivity contribution < 1.29 is 14.3 Å². The van der Waals surface area contributed by atoms with Gasteiger partial charge in [-0.05, 0) is 46.3 Å². The van der Waals surface area contributed by atoms with Crippen LogP contribution in [0.4, 0.5) is 0 Å². The van der Waals surface area contributed by atoms with Crippen LogP contribution in [0.15, 0.2) is 51.1 Å². The minimum atomic E-state index is -0.320. The standard InChI is InChI=1S/C12H6Br2O3/c13-7-1-4-11(9(14)5-7)17-12-6-8(15)2-3-10(12)16/h1-6H. The van der Waals surface area contributed by atoms with Gasteiger partial charge in [-0.25, -0.2) is 0 Å². The van der Waals surface area contributed by atoms with Gasteiger partial charge >= 0.3 is 0 Å². The molecule has 0 heterocycles. The average molecular weight is 358 g/mol. The summed E-state index contributed by atoms with van der Waals surface area (Å²) >= 11 is 6.62. The third kappa shape index (κ3) is 2.92. The molecular formula is C12H6Br2O3. The smallest absolute Gasteiger partial charge is 0.221 e. The van der Waals surface area contributed by atoms with Gasteiger partial charge in [-0.15, -0.1) is 0 Å². The molecule has 0 radical (unpaired) electrons. The third-order valence-corrected chi connectivity index (χ3v) is 3.14. The number of hydrogen-bond acceptors (Lipinski definition) is 3. The highest BCUT2D eigenvalue weighted by Gasteiger charge is 2.16. The SMILES string of the molecule is O=C1C=CC(=O)C(Oc2ccc(Br)cc2Br)=C1. The van der Waals surface area contributed by atoms with Gasteiger partial charge in [0.25, 0.3) is 0 Å².